The minimum atomic E-state index is 0.123. The summed E-state index contributed by atoms with van der Waals surface area (Å²) in [6.45, 7) is 9.10. The van der Waals surface area contributed by atoms with Gasteiger partial charge in [0.2, 0.25) is 0 Å². The molecule has 0 aliphatic carbocycles. The predicted octanol–water partition coefficient (Wildman–Crippen LogP) is 3.87. The Kier molecular flexibility index (Phi) is 5.63. The Morgan fingerprint density at radius 3 is 2.55 bits per heavy atom. The van der Waals surface area contributed by atoms with Gasteiger partial charge in [0.25, 0.3) is 5.91 Å². The van der Waals surface area contributed by atoms with Crippen molar-refractivity contribution in [3.05, 3.63) is 35.4 Å². The lowest BCUT2D eigenvalue weighted by Gasteiger charge is -2.33. The Morgan fingerprint density at radius 1 is 1.27 bits per heavy atom. The highest BCUT2D eigenvalue weighted by molar-refractivity contribution is 5.94. The van der Waals surface area contributed by atoms with Crippen LogP contribution in [-0.4, -0.2) is 37.6 Å². The van der Waals surface area contributed by atoms with Crippen molar-refractivity contribution in [1.29, 1.82) is 0 Å². The van der Waals surface area contributed by atoms with Crippen LogP contribution in [0.3, 0.4) is 0 Å². The smallest absolute Gasteiger partial charge is 0.253 e. The van der Waals surface area contributed by atoms with Gasteiger partial charge in [0.05, 0.1) is 0 Å². The average molecular weight is 303 g/mol. The SMILES string of the molecule is COCCC1CCCN(C(=O)c2ccc(C(C)(C)C)cc2)C1. The molecule has 1 heterocycles. The number of piperidine rings is 1. The molecule has 1 aromatic rings. The summed E-state index contributed by atoms with van der Waals surface area (Å²) < 4.78 is 5.17. The van der Waals surface area contributed by atoms with Crippen molar-refractivity contribution in [2.45, 2.75) is 45.4 Å². The van der Waals surface area contributed by atoms with Crippen molar-refractivity contribution in [2.24, 2.45) is 5.92 Å². The Hall–Kier alpha value is -1.35. The molecule has 0 N–H and O–H groups in total. The summed E-state index contributed by atoms with van der Waals surface area (Å²) in [4.78, 5) is 14.7. The van der Waals surface area contributed by atoms with Crippen LogP contribution in [0.15, 0.2) is 24.3 Å². The number of amides is 1. The van der Waals surface area contributed by atoms with Gasteiger partial charge < -0.3 is 9.64 Å². The molecule has 0 spiro atoms. The molecule has 0 saturated carbocycles. The van der Waals surface area contributed by atoms with E-state index in [2.05, 4.69) is 32.9 Å². The van der Waals surface area contributed by atoms with Gasteiger partial charge in [-0.3, -0.25) is 4.79 Å². The molecule has 1 amide bonds. The summed E-state index contributed by atoms with van der Waals surface area (Å²) in [5.74, 6) is 0.745. The first kappa shape index (κ1) is 17.0. The second-order valence-electron chi connectivity index (χ2n) is 7.37. The molecule has 1 atom stereocenters. The van der Waals surface area contributed by atoms with Gasteiger partial charge in [0.1, 0.15) is 0 Å². The quantitative estimate of drug-likeness (QED) is 0.845. The fraction of sp³-hybridized carbons (Fsp3) is 0.632. The summed E-state index contributed by atoms with van der Waals surface area (Å²) in [6, 6.07) is 8.11. The molecule has 122 valence electrons. The van der Waals surface area contributed by atoms with E-state index in [1.54, 1.807) is 7.11 Å². The first-order valence-corrected chi connectivity index (χ1v) is 8.30. The zero-order valence-corrected chi connectivity index (χ0v) is 14.4. The monoisotopic (exact) mass is 303 g/mol. The lowest BCUT2D eigenvalue weighted by atomic mass is 9.86. The minimum Gasteiger partial charge on any atom is -0.385 e. The number of hydrogen-bond donors (Lipinski definition) is 0. The maximum Gasteiger partial charge on any atom is 0.253 e. The van der Waals surface area contributed by atoms with E-state index in [9.17, 15) is 4.79 Å². The molecule has 0 bridgehead atoms. The number of hydrogen-bond acceptors (Lipinski definition) is 2. The highest BCUT2D eigenvalue weighted by Crippen LogP contribution is 2.24. The van der Waals surface area contributed by atoms with Crippen LogP contribution in [0.25, 0.3) is 0 Å². The van der Waals surface area contributed by atoms with E-state index in [0.29, 0.717) is 5.92 Å². The van der Waals surface area contributed by atoms with Crippen molar-refractivity contribution >= 4 is 5.91 Å². The molecule has 0 radical (unpaired) electrons. The van der Waals surface area contributed by atoms with Crippen molar-refractivity contribution in [3.8, 4) is 0 Å². The first-order valence-electron chi connectivity index (χ1n) is 8.30. The van der Waals surface area contributed by atoms with Crippen LogP contribution in [0.4, 0.5) is 0 Å². The Labute approximate surface area is 134 Å². The maximum atomic E-state index is 12.7. The summed E-state index contributed by atoms with van der Waals surface area (Å²) in [5.41, 5.74) is 2.19. The normalized spacial score (nSPS) is 19.3. The third-order valence-corrected chi connectivity index (χ3v) is 4.53. The molecule has 1 aliphatic heterocycles. The molecule has 22 heavy (non-hydrogen) atoms. The maximum absolute atomic E-state index is 12.7. The molecule has 3 nitrogen and oxygen atoms in total. The van der Waals surface area contributed by atoms with E-state index in [1.807, 2.05) is 17.0 Å². The van der Waals surface area contributed by atoms with E-state index in [-0.39, 0.29) is 11.3 Å². The van der Waals surface area contributed by atoms with Gasteiger partial charge in [-0.25, -0.2) is 0 Å². The number of carbonyl (C=O) groups excluding carboxylic acids is 1. The van der Waals surface area contributed by atoms with Crippen LogP contribution in [0.1, 0.15) is 56.0 Å². The summed E-state index contributed by atoms with van der Waals surface area (Å²) in [6.07, 6.45) is 3.35. The highest BCUT2D eigenvalue weighted by Gasteiger charge is 2.24. The standard InChI is InChI=1S/C19H29NO2/c1-19(2,3)17-9-7-16(8-10-17)18(21)20-12-5-6-15(14-20)11-13-22-4/h7-10,15H,5-6,11-14H2,1-4H3. The molecule has 1 unspecified atom stereocenters. The molecule has 0 aromatic heterocycles. The van der Waals surface area contributed by atoms with Gasteiger partial charge in [-0.05, 0) is 48.3 Å². The molecule has 1 aromatic carbocycles. The highest BCUT2D eigenvalue weighted by atomic mass is 16.5. The zero-order valence-electron chi connectivity index (χ0n) is 14.4. The Morgan fingerprint density at radius 2 is 1.95 bits per heavy atom. The molecule has 2 rings (SSSR count). The van der Waals surface area contributed by atoms with Crippen molar-refractivity contribution in [2.75, 3.05) is 26.8 Å². The molecule has 1 fully saturated rings. The predicted molar refractivity (Wildman–Crippen MR) is 90.3 cm³/mol. The van der Waals surface area contributed by atoms with Crippen LogP contribution in [0.2, 0.25) is 0 Å². The number of benzene rings is 1. The van der Waals surface area contributed by atoms with Crippen LogP contribution < -0.4 is 0 Å². The van der Waals surface area contributed by atoms with Gasteiger partial charge in [0.15, 0.2) is 0 Å². The third-order valence-electron chi connectivity index (χ3n) is 4.53. The van der Waals surface area contributed by atoms with Gasteiger partial charge in [0, 0.05) is 32.4 Å². The van der Waals surface area contributed by atoms with E-state index in [0.717, 1.165) is 38.1 Å². The third kappa shape index (κ3) is 4.33. The molecular weight excluding hydrogens is 274 g/mol. The van der Waals surface area contributed by atoms with Gasteiger partial charge in [-0.1, -0.05) is 32.9 Å². The number of methoxy groups -OCH3 is 1. The van der Waals surface area contributed by atoms with E-state index >= 15 is 0 Å². The summed E-state index contributed by atoms with van der Waals surface area (Å²) in [5, 5.41) is 0. The number of nitrogens with zero attached hydrogens (tertiary/aromatic N) is 1. The molecule has 1 saturated heterocycles. The second kappa shape index (κ2) is 7.28. The average Bonchev–Trinajstić information content (AvgIpc) is 2.52. The van der Waals surface area contributed by atoms with E-state index in [4.69, 9.17) is 4.74 Å². The number of likely N-dealkylation sites (tertiary alicyclic amines) is 1. The summed E-state index contributed by atoms with van der Waals surface area (Å²) >= 11 is 0. The second-order valence-corrected chi connectivity index (χ2v) is 7.37. The van der Waals surface area contributed by atoms with E-state index < -0.39 is 0 Å². The van der Waals surface area contributed by atoms with Crippen molar-refractivity contribution in [1.82, 2.24) is 4.90 Å². The van der Waals surface area contributed by atoms with Crippen LogP contribution in [0.5, 0.6) is 0 Å². The van der Waals surface area contributed by atoms with Crippen molar-refractivity contribution < 1.29 is 9.53 Å². The molecule has 1 aliphatic rings. The Balaban J connectivity index is 2.01. The lowest BCUT2D eigenvalue weighted by molar-refractivity contribution is 0.0642. The number of rotatable bonds is 4. The lowest BCUT2D eigenvalue weighted by Crippen LogP contribution is -2.40. The van der Waals surface area contributed by atoms with Gasteiger partial charge in [-0.15, -0.1) is 0 Å². The topological polar surface area (TPSA) is 29.5 Å². The number of carbonyl (C=O) groups is 1. The summed E-state index contributed by atoms with van der Waals surface area (Å²) in [7, 11) is 1.74. The largest absolute Gasteiger partial charge is 0.385 e. The fourth-order valence-corrected chi connectivity index (χ4v) is 3.07. The molecular formula is C19H29NO2. The van der Waals surface area contributed by atoms with Crippen LogP contribution in [0, 0.1) is 5.92 Å². The van der Waals surface area contributed by atoms with Gasteiger partial charge in [-0.2, -0.15) is 0 Å². The number of ether oxygens (including phenoxy) is 1. The molecule has 3 heteroatoms. The van der Waals surface area contributed by atoms with Crippen LogP contribution in [-0.2, 0) is 10.2 Å². The van der Waals surface area contributed by atoms with E-state index in [1.165, 1.54) is 12.0 Å². The zero-order chi connectivity index (χ0) is 16.2. The fourth-order valence-electron chi connectivity index (χ4n) is 3.07. The first-order chi connectivity index (χ1) is 10.4. The van der Waals surface area contributed by atoms with Crippen molar-refractivity contribution in [3.63, 3.8) is 0 Å². The Bertz CT molecular complexity index is 487. The minimum absolute atomic E-state index is 0.123. The van der Waals surface area contributed by atoms with Gasteiger partial charge >= 0.3 is 0 Å². The van der Waals surface area contributed by atoms with Crippen LogP contribution >= 0.6 is 0 Å².